The standard InChI is InChI=1S/C11H15NO2/c1-9-4-2-3-5-11(9)14-7-6-10(13)8-12/h2-5H,6-8,12H2,1H3. The number of Topliss-reactive ketones (excluding diaryl/α,β-unsaturated/α-hetero) is 1. The molecule has 1 aromatic carbocycles. The minimum atomic E-state index is 0.0265. The topological polar surface area (TPSA) is 52.3 Å². The van der Waals surface area contributed by atoms with Crippen LogP contribution in [0, 0.1) is 6.92 Å². The van der Waals surface area contributed by atoms with E-state index in [9.17, 15) is 4.79 Å². The van der Waals surface area contributed by atoms with Crippen LogP contribution < -0.4 is 10.5 Å². The lowest BCUT2D eigenvalue weighted by atomic mass is 10.2. The minimum absolute atomic E-state index is 0.0265. The summed E-state index contributed by atoms with van der Waals surface area (Å²) < 4.78 is 5.43. The van der Waals surface area contributed by atoms with Crippen molar-refractivity contribution in [2.24, 2.45) is 5.73 Å². The quantitative estimate of drug-likeness (QED) is 0.766. The summed E-state index contributed by atoms with van der Waals surface area (Å²) in [7, 11) is 0. The van der Waals surface area contributed by atoms with E-state index in [1.54, 1.807) is 0 Å². The van der Waals surface area contributed by atoms with Crippen molar-refractivity contribution in [1.29, 1.82) is 0 Å². The Hall–Kier alpha value is -1.35. The zero-order valence-electron chi connectivity index (χ0n) is 8.32. The Morgan fingerprint density at radius 3 is 2.79 bits per heavy atom. The first-order valence-corrected chi connectivity index (χ1v) is 4.64. The van der Waals surface area contributed by atoms with Crippen LogP contribution in [0.15, 0.2) is 24.3 Å². The fourth-order valence-electron chi connectivity index (χ4n) is 1.10. The molecule has 0 saturated carbocycles. The van der Waals surface area contributed by atoms with E-state index in [0.29, 0.717) is 13.0 Å². The van der Waals surface area contributed by atoms with Gasteiger partial charge in [0, 0.05) is 6.42 Å². The van der Waals surface area contributed by atoms with E-state index in [0.717, 1.165) is 11.3 Å². The molecule has 0 aliphatic carbocycles. The maximum absolute atomic E-state index is 10.9. The molecule has 0 unspecified atom stereocenters. The number of ether oxygens (including phenoxy) is 1. The number of carbonyl (C=O) groups is 1. The van der Waals surface area contributed by atoms with Gasteiger partial charge in [0.25, 0.3) is 0 Å². The summed E-state index contributed by atoms with van der Waals surface area (Å²) >= 11 is 0. The molecule has 0 aliphatic heterocycles. The molecule has 0 spiro atoms. The van der Waals surface area contributed by atoms with Gasteiger partial charge in [0.2, 0.25) is 0 Å². The number of nitrogens with two attached hydrogens (primary N) is 1. The third-order valence-electron chi connectivity index (χ3n) is 1.96. The van der Waals surface area contributed by atoms with Crippen molar-refractivity contribution >= 4 is 5.78 Å². The molecule has 3 nitrogen and oxygen atoms in total. The van der Waals surface area contributed by atoms with Gasteiger partial charge in [-0.05, 0) is 18.6 Å². The van der Waals surface area contributed by atoms with E-state index < -0.39 is 0 Å². The van der Waals surface area contributed by atoms with Crippen LogP contribution in [0.4, 0.5) is 0 Å². The summed E-state index contributed by atoms with van der Waals surface area (Å²) in [6, 6.07) is 7.72. The number of benzene rings is 1. The molecule has 0 heterocycles. The third-order valence-corrected chi connectivity index (χ3v) is 1.96. The molecule has 14 heavy (non-hydrogen) atoms. The van der Waals surface area contributed by atoms with Gasteiger partial charge in [-0.1, -0.05) is 18.2 Å². The SMILES string of the molecule is Cc1ccccc1OCCC(=O)CN. The van der Waals surface area contributed by atoms with E-state index >= 15 is 0 Å². The third kappa shape index (κ3) is 3.18. The molecule has 0 fully saturated rings. The van der Waals surface area contributed by atoms with Crippen LogP contribution in [0.2, 0.25) is 0 Å². The van der Waals surface area contributed by atoms with Crippen LogP contribution >= 0.6 is 0 Å². The minimum Gasteiger partial charge on any atom is -0.493 e. The fraction of sp³-hybridized carbons (Fsp3) is 0.364. The molecule has 1 rings (SSSR count). The van der Waals surface area contributed by atoms with Crippen LogP contribution in [0.3, 0.4) is 0 Å². The van der Waals surface area contributed by atoms with Gasteiger partial charge in [-0.3, -0.25) is 4.79 Å². The van der Waals surface area contributed by atoms with Gasteiger partial charge in [0.15, 0.2) is 0 Å². The maximum Gasteiger partial charge on any atom is 0.149 e. The first-order valence-electron chi connectivity index (χ1n) is 4.64. The van der Waals surface area contributed by atoms with Gasteiger partial charge < -0.3 is 10.5 Å². The number of hydrogen-bond donors (Lipinski definition) is 1. The van der Waals surface area contributed by atoms with Crippen molar-refractivity contribution in [1.82, 2.24) is 0 Å². The Labute approximate surface area is 83.9 Å². The first kappa shape index (κ1) is 10.7. The van der Waals surface area contributed by atoms with Crippen molar-refractivity contribution in [3.63, 3.8) is 0 Å². The number of rotatable bonds is 5. The van der Waals surface area contributed by atoms with Crippen LogP contribution in [0.1, 0.15) is 12.0 Å². The van der Waals surface area contributed by atoms with Crippen LogP contribution in [0.5, 0.6) is 5.75 Å². The molecule has 0 aromatic heterocycles. The van der Waals surface area contributed by atoms with Crippen LogP contribution in [-0.4, -0.2) is 18.9 Å². The summed E-state index contributed by atoms with van der Waals surface area (Å²) in [5.41, 5.74) is 6.25. The average molecular weight is 193 g/mol. The number of hydrogen-bond acceptors (Lipinski definition) is 3. The summed E-state index contributed by atoms with van der Waals surface area (Å²) in [6.45, 7) is 2.47. The predicted molar refractivity (Wildman–Crippen MR) is 55.4 cm³/mol. The van der Waals surface area contributed by atoms with Gasteiger partial charge in [-0.15, -0.1) is 0 Å². The number of aryl methyl sites for hydroxylation is 1. The molecule has 0 amide bonds. The van der Waals surface area contributed by atoms with E-state index in [2.05, 4.69) is 0 Å². The predicted octanol–water partition coefficient (Wildman–Crippen LogP) is 1.29. The molecule has 1 aromatic rings. The highest BCUT2D eigenvalue weighted by molar-refractivity contribution is 5.80. The molecule has 3 heteroatoms. The number of para-hydroxylation sites is 1. The Bertz CT molecular complexity index is 310. The normalized spacial score (nSPS) is 9.86. The van der Waals surface area contributed by atoms with Crippen molar-refractivity contribution in [3.8, 4) is 5.75 Å². The molecule has 76 valence electrons. The lowest BCUT2D eigenvalue weighted by Gasteiger charge is -2.07. The van der Waals surface area contributed by atoms with Gasteiger partial charge in [0.05, 0.1) is 13.2 Å². The van der Waals surface area contributed by atoms with Crippen LogP contribution in [0.25, 0.3) is 0 Å². The summed E-state index contributed by atoms with van der Waals surface area (Å²) in [6.07, 6.45) is 0.380. The second-order valence-corrected chi connectivity index (χ2v) is 3.11. The Kier molecular flexibility index (Phi) is 4.13. The van der Waals surface area contributed by atoms with Gasteiger partial charge >= 0.3 is 0 Å². The van der Waals surface area contributed by atoms with Crippen molar-refractivity contribution < 1.29 is 9.53 Å². The van der Waals surface area contributed by atoms with E-state index in [4.69, 9.17) is 10.5 Å². The van der Waals surface area contributed by atoms with Crippen molar-refractivity contribution in [3.05, 3.63) is 29.8 Å². The fourth-order valence-corrected chi connectivity index (χ4v) is 1.10. The van der Waals surface area contributed by atoms with E-state index in [1.807, 2.05) is 31.2 Å². The molecular weight excluding hydrogens is 178 g/mol. The largest absolute Gasteiger partial charge is 0.493 e. The first-order chi connectivity index (χ1) is 6.74. The number of ketones is 1. The molecule has 2 N–H and O–H groups in total. The van der Waals surface area contributed by atoms with Gasteiger partial charge in [-0.25, -0.2) is 0 Å². The molecule has 0 radical (unpaired) electrons. The summed E-state index contributed by atoms with van der Waals surface area (Å²) in [5.74, 6) is 0.857. The highest BCUT2D eigenvalue weighted by atomic mass is 16.5. The molecule has 0 aliphatic rings. The molecular formula is C11H15NO2. The van der Waals surface area contributed by atoms with E-state index in [1.165, 1.54) is 0 Å². The smallest absolute Gasteiger partial charge is 0.149 e. The summed E-state index contributed by atoms with van der Waals surface area (Å²) in [5, 5.41) is 0. The highest BCUT2D eigenvalue weighted by Crippen LogP contribution is 2.15. The van der Waals surface area contributed by atoms with Gasteiger partial charge in [-0.2, -0.15) is 0 Å². The Morgan fingerprint density at radius 1 is 1.43 bits per heavy atom. The van der Waals surface area contributed by atoms with Crippen molar-refractivity contribution in [2.45, 2.75) is 13.3 Å². The van der Waals surface area contributed by atoms with E-state index in [-0.39, 0.29) is 12.3 Å². The highest BCUT2D eigenvalue weighted by Gasteiger charge is 2.00. The Balaban J connectivity index is 2.39. The second-order valence-electron chi connectivity index (χ2n) is 3.11. The zero-order valence-corrected chi connectivity index (χ0v) is 8.32. The lowest BCUT2D eigenvalue weighted by Crippen LogP contribution is -2.16. The number of carbonyl (C=O) groups excluding carboxylic acids is 1. The molecule has 0 atom stereocenters. The summed E-state index contributed by atoms with van der Waals surface area (Å²) in [4.78, 5) is 10.9. The lowest BCUT2D eigenvalue weighted by molar-refractivity contribution is -0.118. The maximum atomic E-state index is 10.9. The average Bonchev–Trinajstić information content (AvgIpc) is 2.20. The monoisotopic (exact) mass is 193 g/mol. The van der Waals surface area contributed by atoms with Crippen LogP contribution in [-0.2, 0) is 4.79 Å². The molecule has 0 bridgehead atoms. The van der Waals surface area contributed by atoms with Gasteiger partial charge in [0.1, 0.15) is 11.5 Å². The Morgan fingerprint density at radius 2 is 2.14 bits per heavy atom. The van der Waals surface area contributed by atoms with Crippen molar-refractivity contribution in [2.75, 3.05) is 13.2 Å². The molecule has 0 saturated heterocycles. The zero-order chi connectivity index (χ0) is 10.4. The second kappa shape index (κ2) is 5.40.